The summed E-state index contributed by atoms with van der Waals surface area (Å²) in [5.41, 5.74) is 2.65. The summed E-state index contributed by atoms with van der Waals surface area (Å²) in [6.07, 6.45) is 2.66. The molecule has 0 aromatic heterocycles. The van der Waals surface area contributed by atoms with Gasteiger partial charge in [-0.2, -0.15) is 0 Å². The van der Waals surface area contributed by atoms with E-state index >= 15 is 0 Å². The van der Waals surface area contributed by atoms with Gasteiger partial charge in [-0.15, -0.1) is 0 Å². The number of para-hydroxylation sites is 1. The van der Waals surface area contributed by atoms with Crippen LogP contribution < -0.4 is 10.8 Å². The summed E-state index contributed by atoms with van der Waals surface area (Å²) < 4.78 is 6.58. The number of phenols is 1. The lowest BCUT2D eigenvalue weighted by Gasteiger charge is -2.25. The third-order valence-electron chi connectivity index (χ3n) is 4.24. The second-order valence-electron chi connectivity index (χ2n) is 6.45. The molecule has 4 N–H and O–H groups in total. The number of carbonyl (C=O) groups excluding carboxylic acids is 2. The molecule has 154 valence electrons. The fraction of sp³-hybridized carbons (Fsp3) is 0.238. The molecule has 0 saturated carbocycles. The maximum absolute atomic E-state index is 12.4. The molecule has 2 rings (SSSR count). The molecule has 2 amide bonds. The van der Waals surface area contributed by atoms with E-state index in [-0.39, 0.29) is 11.7 Å². The van der Waals surface area contributed by atoms with Crippen LogP contribution in [0.2, 0.25) is 0 Å². The van der Waals surface area contributed by atoms with Crippen LogP contribution in [0.15, 0.2) is 60.7 Å². The second-order valence-corrected chi connectivity index (χ2v) is 7.70. The van der Waals surface area contributed by atoms with Crippen molar-refractivity contribution in [2.45, 2.75) is 25.9 Å². The van der Waals surface area contributed by atoms with Gasteiger partial charge in [0.1, 0.15) is 11.9 Å². The van der Waals surface area contributed by atoms with Gasteiger partial charge in [-0.1, -0.05) is 31.2 Å². The molecule has 0 radical (unpaired) electrons. The van der Waals surface area contributed by atoms with Crippen LogP contribution >= 0.6 is 22.6 Å². The molecule has 0 spiro atoms. The van der Waals surface area contributed by atoms with Gasteiger partial charge in [0, 0.05) is 20.9 Å². The first kappa shape index (κ1) is 22.7. The molecule has 2 atom stereocenters. The molecule has 0 aliphatic carbocycles. The second kappa shape index (κ2) is 11.4. The molecule has 0 bridgehead atoms. The summed E-state index contributed by atoms with van der Waals surface area (Å²) in [5.74, 6) is -0.713. The molecule has 29 heavy (non-hydrogen) atoms. The van der Waals surface area contributed by atoms with Crippen LogP contribution in [0.3, 0.4) is 0 Å². The number of anilines is 1. The highest BCUT2D eigenvalue weighted by molar-refractivity contribution is 14.1. The third kappa shape index (κ3) is 7.39. The molecule has 0 fully saturated rings. The zero-order chi connectivity index (χ0) is 21.2. The van der Waals surface area contributed by atoms with Gasteiger partial charge in [0.15, 0.2) is 0 Å². The summed E-state index contributed by atoms with van der Waals surface area (Å²) >= 11 is 2.13. The van der Waals surface area contributed by atoms with Crippen molar-refractivity contribution >= 4 is 40.3 Å². The van der Waals surface area contributed by atoms with E-state index in [1.54, 1.807) is 48.5 Å². The molecule has 2 aromatic carbocycles. The van der Waals surface area contributed by atoms with E-state index in [9.17, 15) is 14.7 Å². The fourth-order valence-corrected chi connectivity index (χ4v) is 3.28. The lowest BCUT2D eigenvalue weighted by Crippen LogP contribution is -2.22. The Kier molecular flexibility index (Phi) is 8.94. The van der Waals surface area contributed by atoms with E-state index < -0.39 is 18.1 Å². The molecule has 2 aromatic rings. The monoisotopic (exact) mass is 510 g/mol. The number of hydroxylamine groups is 1. The predicted octanol–water partition coefficient (Wildman–Crippen LogP) is 4.76. The van der Waals surface area contributed by atoms with E-state index in [1.807, 2.05) is 13.0 Å². The highest BCUT2D eigenvalue weighted by Gasteiger charge is 2.26. The number of phenolic OH excluding ortho intramolecular Hbond substituents is 1. The number of aromatic hydroxyl groups is 1. The van der Waals surface area contributed by atoms with Crippen molar-refractivity contribution in [3.63, 3.8) is 0 Å². The molecular weight excluding hydrogens is 487 g/mol. The van der Waals surface area contributed by atoms with Crippen LogP contribution in [0, 0.1) is 9.49 Å². The highest BCUT2D eigenvalue weighted by Crippen LogP contribution is 2.36. The highest BCUT2D eigenvalue weighted by atomic mass is 127. The predicted molar refractivity (Wildman–Crippen MR) is 118 cm³/mol. The summed E-state index contributed by atoms with van der Waals surface area (Å²) in [5, 5.41) is 21.5. The molecular formula is C21H23IN2O5. The summed E-state index contributed by atoms with van der Waals surface area (Å²) in [7, 11) is 0. The van der Waals surface area contributed by atoms with Crippen LogP contribution in [0.4, 0.5) is 10.5 Å². The fourth-order valence-electron chi connectivity index (χ4n) is 2.76. The maximum atomic E-state index is 12.4. The lowest BCUT2D eigenvalue weighted by atomic mass is 9.92. The average molecular weight is 510 g/mol. The first-order valence-electron chi connectivity index (χ1n) is 9.02. The Morgan fingerprint density at radius 2 is 1.93 bits per heavy atom. The van der Waals surface area contributed by atoms with Crippen LogP contribution in [0.5, 0.6) is 5.75 Å². The normalized spacial score (nSPS) is 12.9. The first-order valence-corrected chi connectivity index (χ1v) is 10.1. The van der Waals surface area contributed by atoms with Crippen LogP contribution in [0.25, 0.3) is 0 Å². The summed E-state index contributed by atoms with van der Waals surface area (Å²) in [6.45, 7) is 1.90. The number of ether oxygens (including phenoxy) is 1. The Balaban J connectivity index is 2.14. The standard InChI is InChI=1S/C21H23IN2O5/c1-14(7-5-6-10-19(26)24-28)20(17-13-15(22)11-12-18(17)25)29-21(27)23-16-8-3-2-4-9-16/h2-4,6,8-14,20,25,28H,5,7H2,1H3,(H,23,27)(H,24,26)/b10-6+/t14-,20+/m1/s1. The van der Waals surface area contributed by atoms with Gasteiger partial charge in [0.2, 0.25) is 0 Å². The average Bonchev–Trinajstić information content (AvgIpc) is 2.71. The molecule has 7 nitrogen and oxygen atoms in total. The quantitative estimate of drug-likeness (QED) is 0.177. The van der Waals surface area contributed by atoms with Crippen LogP contribution in [-0.4, -0.2) is 22.3 Å². The van der Waals surface area contributed by atoms with Crippen molar-refractivity contribution in [3.05, 3.63) is 69.8 Å². The Hall–Kier alpha value is -2.59. The molecule has 0 heterocycles. The summed E-state index contributed by atoms with van der Waals surface area (Å²) in [4.78, 5) is 23.5. The lowest BCUT2D eigenvalue weighted by molar-refractivity contribution is -0.124. The van der Waals surface area contributed by atoms with E-state index in [0.29, 0.717) is 24.1 Å². The molecule has 0 unspecified atom stereocenters. The topological polar surface area (TPSA) is 108 Å². The van der Waals surface area contributed by atoms with Gasteiger partial charge < -0.3 is 9.84 Å². The van der Waals surface area contributed by atoms with Crippen molar-refractivity contribution in [3.8, 4) is 5.75 Å². The Morgan fingerprint density at radius 3 is 2.62 bits per heavy atom. The van der Waals surface area contributed by atoms with E-state index in [4.69, 9.17) is 9.94 Å². The van der Waals surface area contributed by atoms with Gasteiger partial charge in [0.25, 0.3) is 5.91 Å². The van der Waals surface area contributed by atoms with Crippen LogP contribution in [0.1, 0.15) is 31.4 Å². The molecule has 0 aliphatic heterocycles. The minimum absolute atomic E-state index is 0.0463. The van der Waals surface area contributed by atoms with E-state index in [1.165, 1.54) is 11.6 Å². The third-order valence-corrected chi connectivity index (χ3v) is 4.91. The number of rotatable bonds is 8. The Labute approximate surface area is 182 Å². The van der Waals surface area contributed by atoms with Crippen LogP contribution in [-0.2, 0) is 9.53 Å². The largest absolute Gasteiger partial charge is 0.508 e. The van der Waals surface area contributed by atoms with Crippen molar-refractivity contribution in [2.24, 2.45) is 5.92 Å². The molecule has 8 heteroatoms. The number of allylic oxidation sites excluding steroid dienone is 1. The Bertz CT molecular complexity index is 857. The van der Waals surface area contributed by atoms with Crippen molar-refractivity contribution in [2.75, 3.05) is 5.32 Å². The van der Waals surface area contributed by atoms with Gasteiger partial charge in [0.05, 0.1) is 0 Å². The van der Waals surface area contributed by atoms with Gasteiger partial charge in [-0.25, -0.2) is 10.3 Å². The Morgan fingerprint density at radius 1 is 1.21 bits per heavy atom. The number of carbonyl (C=O) groups is 2. The number of halogens is 1. The van der Waals surface area contributed by atoms with Crippen molar-refractivity contribution in [1.82, 2.24) is 5.48 Å². The molecule has 0 saturated heterocycles. The minimum atomic E-state index is -0.687. The summed E-state index contributed by atoms with van der Waals surface area (Å²) in [6, 6.07) is 14.1. The number of amides is 2. The van der Waals surface area contributed by atoms with Gasteiger partial charge in [-0.05, 0) is 71.7 Å². The maximum Gasteiger partial charge on any atom is 0.412 e. The number of hydrogen-bond donors (Lipinski definition) is 4. The first-order chi connectivity index (χ1) is 13.9. The molecule has 0 aliphatic rings. The number of hydrogen-bond acceptors (Lipinski definition) is 5. The van der Waals surface area contributed by atoms with Gasteiger partial charge >= 0.3 is 6.09 Å². The minimum Gasteiger partial charge on any atom is -0.508 e. The zero-order valence-electron chi connectivity index (χ0n) is 15.8. The smallest absolute Gasteiger partial charge is 0.412 e. The number of benzene rings is 2. The van der Waals surface area contributed by atoms with Crippen molar-refractivity contribution < 1.29 is 24.6 Å². The van der Waals surface area contributed by atoms with Crippen molar-refractivity contribution in [1.29, 1.82) is 0 Å². The zero-order valence-corrected chi connectivity index (χ0v) is 18.0. The SMILES string of the molecule is C[C@H](CC/C=C/C(=O)NO)[C@H](OC(=O)Nc1ccccc1)c1cc(I)ccc1O. The number of nitrogens with one attached hydrogen (secondary N) is 2. The van der Waals surface area contributed by atoms with E-state index in [0.717, 1.165) is 3.57 Å². The van der Waals surface area contributed by atoms with Gasteiger partial charge in [-0.3, -0.25) is 15.3 Å². The van der Waals surface area contributed by atoms with E-state index in [2.05, 4.69) is 27.9 Å².